The van der Waals surface area contributed by atoms with E-state index in [-0.39, 0.29) is 0 Å². The average Bonchev–Trinajstić information content (AvgIpc) is 1.79. The smallest absolute Gasteiger partial charge is 0.0326 e. The first kappa shape index (κ1) is 9.48. The summed E-state index contributed by atoms with van der Waals surface area (Å²) in [4.78, 5) is 0. The van der Waals surface area contributed by atoms with Crippen molar-refractivity contribution >= 4 is 0 Å². The van der Waals surface area contributed by atoms with Crippen LogP contribution in [0.25, 0.3) is 0 Å². The lowest BCUT2D eigenvalue weighted by Crippen LogP contribution is -1.79. The van der Waals surface area contributed by atoms with Crippen molar-refractivity contribution in [3.8, 4) is 0 Å². The van der Waals surface area contributed by atoms with Gasteiger partial charge in [0.05, 0.1) is 0 Å². The van der Waals surface area contributed by atoms with Gasteiger partial charge in [0.1, 0.15) is 0 Å². The predicted molar refractivity (Wildman–Crippen MR) is 48.1 cm³/mol. The molecule has 0 fully saturated rings. The van der Waals surface area contributed by atoms with Crippen molar-refractivity contribution in [1.29, 1.82) is 0 Å². The third kappa shape index (κ3) is 7.48. The van der Waals surface area contributed by atoms with E-state index >= 15 is 0 Å². The van der Waals surface area contributed by atoms with Gasteiger partial charge in [-0.2, -0.15) is 0 Å². The fraction of sp³-hybridized carbons (Fsp3) is 0.600. The zero-order chi connectivity index (χ0) is 7.98. The molecule has 0 heteroatoms. The van der Waals surface area contributed by atoms with Crippen LogP contribution in [0.3, 0.4) is 0 Å². The maximum absolute atomic E-state index is 3.85. The standard InChI is InChI=1S/C10H18/c1-9(2)7-5-6-8-10(3)4/h1,3,5-8H2,2,4H3. The minimum absolute atomic E-state index is 1.17. The van der Waals surface area contributed by atoms with Crippen molar-refractivity contribution in [3.05, 3.63) is 24.3 Å². The Hall–Kier alpha value is -0.520. The second kappa shape index (κ2) is 5.28. The Bertz CT molecular complexity index is 104. The normalized spacial score (nSPS) is 9.40. The molecule has 0 atom stereocenters. The Kier molecular flexibility index (Phi) is 5.00. The third-order valence-corrected chi connectivity index (χ3v) is 1.46. The molecule has 0 heterocycles. The first-order chi connectivity index (χ1) is 4.63. The summed E-state index contributed by atoms with van der Waals surface area (Å²) in [6.07, 6.45) is 4.88. The van der Waals surface area contributed by atoms with Crippen LogP contribution in [0, 0.1) is 0 Å². The van der Waals surface area contributed by atoms with Gasteiger partial charge in [0, 0.05) is 0 Å². The van der Waals surface area contributed by atoms with Crippen molar-refractivity contribution in [2.75, 3.05) is 0 Å². The van der Waals surface area contributed by atoms with Gasteiger partial charge in [0.25, 0.3) is 0 Å². The van der Waals surface area contributed by atoms with Crippen LogP contribution in [0.2, 0.25) is 0 Å². The van der Waals surface area contributed by atoms with Crippen molar-refractivity contribution < 1.29 is 0 Å². The average molecular weight is 138 g/mol. The molecule has 0 aliphatic heterocycles. The van der Waals surface area contributed by atoms with Crippen LogP contribution in [0.1, 0.15) is 39.5 Å². The van der Waals surface area contributed by atoms with E-state index in [1.165, 1.54) is 36.8 Å². The van der Waals surface area contributed by atoms with Gasteiger partial charge < -0.3 is 0 Å². The van der Waals surface area contributed by atoms with Crippen molar-refractivity contribution in [1.82, 2.24) is 0 Å². The minimum atomic E-state index is 1.17. The molecule has 0 aromatic heterocycles. The fourth-order valence-corrected chi connectivity index (χ4v) is 0.854. The van der Waals surface area contributed by atoms with Crippen molar-refractivity contribution in [2.24, 2.45) is 0 Å². The van der Waals surface area contributed by atoms with E-state index in [0.717, 1.165) is 0 Å². The molecule has 0 saturated carbocycles. The number of rotatable bonds is 5. The Morgan fingerprint density at radius 3 is 1.40 bits per heavy atom. The zero-order valence-corrected chi connectivity index (χ0v) is 7.24. The molecule has 0 unspecified atom stereocenters. The maximum atomic E-state index is 3.85. The lowest BCUT2D eigenvalue weighted by atomic mass is 10.1. The second-order valence-corrected chi connectivity index (χ2v) is 3.12. The third-order valence-electron chi connectivity index (χ3n) is 1.46. The number of unbranched alkanes of at least 4 members (excludes halogenated alkanes) is 1. The van der Waals surface area contributed by atoms with Crippen molar-refractivity contribution in [2.45, 2.75) is 39.5 Å². The molecule has 0 rings (SSSR count). The topological polar surface area (TPSA) is 0 Å². The second-order valence-electron chi connectivity index (χ2n) is 3.12. The van der Waals surface area contributed by atoms with E-state index in [0.29, 0.717) is 0 Å². The Labute approximate surface area is 64.6 Å². The first-order valence-corrected chi connectivity index (χ1v) is 3.91. The summed E-state index contributed by atoms with van der Waals surface area (Å²) in [7, 11) is 0. The van der Waals surface area contributed by atoms with Crippen LogP contribution in [0.15, 0.2) is 24.3 Å². The SMILES string of the molecule is C=C(C)CCCCC(=C)C. The van der Waals surface area contributed by atoms with E-state index < -0.39 is 0 Å². The molecule has 0 aliphatic rings. The van der Waals surface area contributed by atoms with E-state index in [1.54, 1.807) is 0 Å². The van der Waals surface area contributed by atoms with E-state index in [9.17, 15) is 0 Å². The predicted octanol–water partition coefficient (Wildman–Crippen LogP) is 3.70. The molecule has 58 valence electrons. The van der Waals surface area contributed by atoms with Gasteiger partial charge in [-0.3, -0.25) is 0 Å². The van der Waals surface area contributed by atoms with Crippen LogP contribution in [-0.2, 0) is 0 Å². The van der Waals surface area contributed by atoms with Gasteiger partial charge in [0.15, 0.2) is 0 Å². The molecule has 0 aliphatic carbocycles. The highest BCUT2D eigenvalue weighted by Gasteiger charge is 1.89. The lowest BCUT2D eigenvalue weighted by Gasteiger charge is -1.99. The van der Waals surface area contributed by atoms with Crippen LogP contribution in [-0.4, -0.2) is 0 Å². The molecule has 0 aromatic carbocycles. The molecule has 0 radical (unpaired) electrons. The van der Waals surface area contributed by atoms with Gasteiger partial charge >= 0.3 is 0 Å². The summed E-state index contributed by atoms with van der Waals surface area (Å²) < 4.78 is 0. The molecule has 0 N–H and O–H groups in total. The highest BCUT2D eigenvalue weighted by Crippen LogP contribution is 2.09. The number of allylic oxidation sites excluding steroid dienone is 2. The summed E-state index contributed by atoms with van der Waals surface area (Å²) in [6.45, 7) is 11.9. The molecular weight excluding hydrogens is 120 g/mol. The largest absolute Gasteiger partial charge is 0.100 e. The molecular formula is C10H18. The van der Waals surface area contributed by atoms with Crippen LogP contribution < -0.4 is 0 Å². The number of hydrogen-bond acceptors (Lipinski definition) is 0. The van der Waals surface area contributed by atoms with Crippen LogP contribution in [0.4, 0.5) is 0 Å². The Morgan fingerprint density at radius 2 is 1.20 bits per heavy atom. The van der Waals surface area contributed by atoms with Crippen molar-refractivity contribution in [3.63, 3.8) is 0 Å². The molecule has 0 amide bonds. The van der Waals surface area contributed by atoms with E-state index in [1.807, 2.05) is 0 Å². The molecule has 0 spiro atoms. The van der Waals surface area contributed by atoms with Gasteiger partial charge in [-0.15, -0.1) is 13.2 Å². The van der Waals surface area contributed by atoms with Crippen LogP contribution in [0.5, 0.6) is 0 Å². The van der Waals surface area contributed by atoms with Crippen LogP contribution >= 0.6 is 0 Å². The molecule has 0 bridgehead atoms. The summed E-state index contributed by atoms with van der Waals surface area (Å²) in [5.74, 6) is 0. The highest BCUT2D eigenvalue weighted by molar-refractivity contribution is 4.90. The minimum Gasteiger partial charge on any atom is -0.100 e. The monoisotopic (exact) mass is 138 g/mol. The quantitative estimate of drug-likeness (QED) is 0.401. The highest BCUT2D eigenvalue weighted by atomic mass is 14.0. The molecule has 10 heavy (non-hydrogen) atoms. The summed E-state index contributed by atoms with van der Waals surface area (Å²) in [6, 6.07) is 0. The Morgan fingerprint density at radius 1 is 0.900 bits per heavy atom. The van der Waals surface area contributed by atoms with E-state index in [4.69, 9.17) is 0 Å². The summed E-state index contributed by atoms with van der Waals surface area (Å²) >= 11 is 0. The number of hydrogen-bond donors (Lipinski definition) is 0. The summed E-state index contributed by atoms with van der Waals surface area (Å²) in [5, 5.41) is 0. The van der Waals surface area contributed by atoms with Gasteiger partial charge in [0.2, 0.25) is 0 Å². The van der Waals surface area contributed by atoms with Gasteiger partial charge in [-0.05, 0) is 39.5 Å². The fourth-order valence-electron chi connectivity index (χ4n) is 0.854. The lowest BCUT2D eigenvalue weighted by molar-refractivity contribution is 0.727. The zero-order valence-electron chi connectivity index (χ0n) is 7.24. The Balaban J connectivity index is 3.06. The van der Waals surface area contributed by atoms with Gasteiger partial charge in [-0.1, -0.05) is 11.1 Å². The molecule has 0 aromatic rings. The maximum Gasteiger partial charge on any atom is -0.0326 e. The summed E-state index contributed by atoms with van der Waals surface area (Å²) in [5.41, 5.74) is 2.59. The molecule has 0 nitrogen and oxygen atoms in total. The van der Waals surface area contributed by atoms with Gasteiger partial charge in [-0.25, -0.2) is 0 Å². The first-order valence-electron chi connectivity index (χ1n) is 3.91. The molecule has 0 saturated heterocycles. The van der Waals surface area contributed by atoms with E-state index in [2.05, 4.69) is 27.0 Å².